The molecule has 2 heterocycles. The quantitative estimate of drug-likeness (QED) is 0.769. The third-order valence-corrected chi connectivity index (χ3v) is 5.83. The van der Waals surface area contributed by atoms with Crippen molar-refractivity contribution in [3.63, 3.8) is 0 Å². The number of fused-ring (bicyclic) bond motifs is 1. The Labute approximate surface area is 171 Å². The number of rotatable bonds is 4. The smallest absolute Gasteiger partial charge is 0.341 e. The van der Waals surface area contributed by atoms with Crippen LogP contribution in [0, 0.1) is 0 Å². The molecule has 0 fully saturated rings. The van der Waals surface area contributed by atoms with Crippen LogP contribution in [0.15, 0.2) is 24.3 Å². The van der Waals surface area contributed by atoms with Gasteiger partial charge in [-0.2, -0.15) is 0 Å². The van der Waals surface area contributed by atoms with E-state index in [9.17, 15) is 19.2 Å². The molecule has 0 saturated heterocycles. The van der Waals surface area contributed by atoms with Gasteiger partial charge >= 0.3 is 11.9 Å². The Bertz CT molecular complexity index is 997. The molecule has 2 aromatic rings. The number of hydrogen-bond acceptors (Lipinski definition) is 7. The molecular formula is C20H20N2O6S. The molecule has 1 aromatic heterocycles. The van der Waals surface area contributed by atoms with Gasteiger partial charge in [0.25, 0.3) is 5.91 Å². The van der Waals surface area contributed by atoms with Gasteiger partial charge in [-0.25, -0.2) is 9.59 Å². The van der Waals surface area contributed by atoms with Crippen molar-refractivity contribution in [1.82, 2.24) is 4.90 Å². The second-order valence-corrected chi connectivity index (χ2v) is 7.49. The maximum Gasteiger partial charge on any atom is 0.341 e. The second kappa shape index (κ2) is 8.44. The molecule has 1 aromatic carbocycles. The van der Waals surface area contributed by atoms with Gasteiger partial charge in [0, 0.05) is 18.3 Å². The Morgan fingerprint density at radius 1 is 1.03 bits per heavy atom. The van der Waals surface area contributed by atoms with E-state index in [4.69, 9.17) is 9.47 Å². The summed E-state index contributed by atoms with van der Waals surface area (Å²) in [5, 5.41) is 3.06. The Morgan fingerprint density at radius 3 is 2.31 bits per heavy atom. The summed E-state index contributed by atoms with van der Waals surface area (Å²) in [6.07, 6.45) is 0.491. The predicted octanol–water partition coefficient (Wildman–Crippen LogP) is 2.48. The van der Waals surface area contributed by atoms with Crippen LogP contribution in [0.2, 0.25) is 0 Å². The second-order valence-electron chi connectivity index (χ2n) is 6.38. The lowest BCUT2D eigenvalue weighted by molar-refractivity contribution is -0.129. The summed E-state index contributed by atoms with van der Waals surface area (Å²) in [5.74, 6) is -1.79. The predicted molar refractivity (Wildman–Crippen MR) is 106 cm³/mol. The minimum atomic E-state index is -0.633. The number of ether oxygens (including phenoxy) is 2. The van der Waals surface area contributed by atoms with Gasteiger partial charge in [-0.05, 0) is 24.1 Å². The van der Waals surface area contributed by atoms with E-state index in [2.05, 4.69) is 5.32 Å². The van der Waals surface area contributed by atoms with E-state index in [1.165, 1.54) is 44.6 Å². The molecule has 0 atom stereocenters. The summed E-state index contributed by atoms with van der Waals surface area (Å²) in [6.45, 7) is 2.35. The largest absolute Gasteiger partial charge is 0.465 e. The first-order chi connectivity index (χ1) is 13.9. The molecule has 3 rings (SSSR count). The van der Waals surface area contributed by atoms with Crippen molar-refractivity contribution in [3.05, 3.63) is 51.4 Å². The maximum absolute atomic E-state index is 12.9. The fraction of sp³-hybridized carbons (Fsp3) is 0.300. The monoisotopic (exact) mass is 416 g/mol. The minimum absolute atomic E-state index is 0.0544. The van der Waals surface area contributed by atoms with Crippen LogP contribution in [0.5, 0.6) is 0 Å². The highest BCUT2D eigenvalue weighted by Crippen LogP contribution is 2.38. The van der Waals surface area contributed by atoms with E-state index in [1.807, 2.05) is 0 Å². The number of thiophene rings is 1. The van der Waals surface area contributed by atoms with Crippen LogP contribution in [0.25, 0.3) is 0 Å². The third kappa shape index (κ3) is 4.00. The first-order valence-corrected chi connectivity index (χ1v) is 9.66. The summed E-state index contributed by atoms with van der Waals surface area (Å²) in [6, 6.07) is 6.26. The lowest BCUT2D eigenvalue weighted by Crippen LogP contribution is -2.33. The maximum atomic E-state index is 12.9. The normalized spacial score (nSPS) is 12.7. The molecule has 1 N–H and O–H groups in total. The Kier molecular flexibility index (Phi) is 5.97. The molecule has 0 saturated carbocycles. The van der Waals surface area contributed by atoms with Crippen molar-refractivity contribution < 1.29 is 28.7 Å². The number of nitrogens with zero attached hydrogens (tertiary/aromatic N) is 1. The van der Waals surface area contributed by atoms with Gasteiger partial charge in [-0.3, -0.25) is 9.59 Å². The summed E-state index contributed by atoms with van der Waals surface area (Å²) >= 11 is 1.23. The highest BCUT2D eigenvalue weighted by atomic mass is 32.1. The Hall–Kier alpha value is -3.20. The first-order valence-electron chi connectivity index (χ1n) is 8.84. The number of hydrogen-bond donors (Lipinski definition) is 1. The van der Waals surface area contributed by atoms with Gasteiger partial charge in [-0.15, -0.1) is 11.3 Å². The van der Waals surface area contributed by atoms with Crippen LogP contribution in [-0.4, -0.2) is 49.4 Å². The number of methoxy groups -OCH3 is 2. The van der Waals surface area contributed by atoms with E-state index >= 15 is 0 Å². The van der Waals surface area contributed by atoms with Gasteiger partial charge in [0.15, 0.2) is 0 Å². The van der Waals surface area contributed by atoms with Crippen molar-refractivity contribution in [3.8, 4) is 0 Å². The lowest BCUT2D eigenvalue weighted by Gasteiger charge is -2.25. The number of carbonyl (C=O) groups is 4. The number of benzene rings is 1. The lowest BCUT2D eigenvalue weighted by atomic mass is 10.0. The van der Waals surface area contributed by atoms with E-state index in [0.29, 0.717) is 30.1 Å². The topological polar surface area (TPSA) is 102 Å². The average molecular weight is 416 g/mol. The van der Waals surface area contributed by atoms with Crippen molar-refractivity contribution in [2.24, 2.45) is 0 Å². The van der Waals surface area contributed by atoms with Crippen molar-refractivity contribution in [1.29, 1.82) is 0 Å². The van der Waals surface area contributed by atoms with Crippen LogP contribution < -0.4 is 5.32 Å². The fourth-order valence-corrected chi connectivity index (χ4v) is 4.46. The zero-order chi connectivity index (χ0) is 21.1. The van der Waals surface area contributed by atoms with Gasteiger partial charge in [0.2, 0.25) is 5.91 Å². The van der Waals surface area contributed by atoms with Crippen molar-refractivity contribution in [2.75, 3.05) is 26.1 Å². The summed E-state index contributed by atoms with van der Waals surface area (Å²) < 4.78 is 9.63. The molecule has 0 unspecified atom stereocenters. The van der Waals surface area contributed by atoms with Crippen LogP contribution >= 0.6 is 11.3 Å². The molecule has 8 nitrogen and oxygen atoms in total. The van der Waals surface area contributed by atoms with E-state index in [-0.39, 0.29) is 17.0 Å². The number of anilines is 1. The van der Waals surface area contributed by atoms with Gasteiger partial charge in [0.1, 0.15) is 5.00 Å². The number of amides is 2. The SMILES string of the molecule is COC(=O)c1ccccc1C(=O)Nc1sc2c(c1C(=O)OC)CCN(C(C)=O)C2. The average Bonchev–Trinajstić information content (AvgIpc) is 3.09. The molecule has 29 heavy (non-hydrogen) atoms. The molecule has 1 aliphatic heterocycles. The molecule has 1 aliphatic rings. The standard InChI is InChI=1S/C20H20N2O6S/c1-11(23)22-9-8-14-15(10-22)29-18(16(14)20(26)28-3)21-17(24)12-6-4-5-7-13(12)19(25)27-2/h4-7H,8-10H2,1-3H3,(H,21,24). The highest BCUT2D eigenvalue weighted by Gasteiger charge is 2.30. The van der Waals surface area contributed by atoms with E-state index in [1.54, 1.807) is 17.0 Å². The number of carbonyl (C=O) groups excluding carboxylic acids is 4. The zero-order valence-corrected chi connectivity index (χ0v) is 17.1. The molecular weight excluding hydrogens is 396 g/mol. The van der Waals surface area contributed by atoms with Crippen LogP contribution in [-0.2, 0) is 27.2 Å². The van der Waals surface area contributed by atoms with Crippen LogP contribution in [0.1, 0.15) is 48.4 Å². The van der Waals surface area contributed by atoms with E-state index < -0.39 is 17.8 Å². The molecule has 9 heteroatoms. The Morgan fingerprint density at radius 2 is 1.69 bits per heavy atom. The van der Waals surface area contributed by atoms with Crippen molar-refractivity contribution in [2.45, 2.75) is 19.9 Å². The number of esters is 2. The first kappa shape index (κ1) is 20.5. The summed E-state index contributed by atoms with van der Waals surface area (Å²) in [5.41, 5.74) is 1.32. The van der Waals surface area contributed by atoms with Gasteiger partial charge < -0.3 is 19.7 Å². The molecule has 0 radical (unpaired) electrons. The summed E-state index contributed by atoms with van der Waals surface area (Å²) in [4.78, 5) is 51.4. The molecule has 0 aliphatic carbocycles. The Balaban J connectivity index is 1.98. The van der Waals surface area contributed by atoms with Crippen LogP contribution in [0.3, 0.4) is 0 Å². The minimum Gasteiger partial charge on any atom is -0.465 e. The van der Waals surface area contributed by atoms with Crippen LogP contribution in [0.4, 0.5) is 5.00 Å². The fourth-order valence-electron chi connectivity index (χ4n) is 3.22. The van der Waals surface area contributed by atoms with Gasteiger partial charge in [-0.1, -0.05) is 12.1 Å². The molecule has 152 valence electrons. The van der Waals surface area contributed by atoms with E-state index in [0.717, 1.165) is 10.4 Å². The molecule has 0 bridgehead atoms. The highest BCUT2D eigenvalue weighted by molar-refractivity contribution is 7.17. The third-order valence-electron chi connectivity index (χ3n) is 4.70. The number of nitrogens with one attached hydrogen (secondary N) is 1. The molecule has 0 spiro atoms. The molecule has 2 amide bonds. The summed E-state index contributed by atoms with van der Waals surface area (Å²) in [7, 11) is 2.51. The van der Waals surface area contributed by atoms with Gasteiger partial charge in [0.05, 0.1) is 37.5 Å². The van der Waals surface area contributed by atoms with Crippen molar-refractivity contribution >= 4 is 40.1 Å². The zero-order valence-electron chi connectivity index (χ0n) is 16.2.